The maximum absolute atomic E-state index is 12.3. The lowest BCUT2D eigenvalue weighted by Gasteiger charge is -2.28. The van der Waals surface area contributed by atoms with Crippen molar-refractivity contribution in [1.29, 1.82) is 0 Å². The van der Waals surface area contributed by atoms with Gasteiger partial charge in [0, 0.05) is 45.6 Å². The first kappa shape index (κ1) is 14.0. The second-order valence-corrected chi connectivity index (χ2v) is 5.20. The number of nitrogens with zero attached hydrogens (tertiary/aromatic N) is 3. The number of carbonyl (C=O) groups is 1. The van der Waals surface area contributed by atoms with Crippen molar-refractivity contribution in [2.45, 2.75) is 18.9 Å². The van der Waals surface area contributed by atoms with E-state index in [1.807, 2.05) is 14.1 Å². The molecule has 0 bridgehead atoms. The highest BCUT2D eigenvalue weighted by atomic mass is 16.5. The number of hydrogen-bond donors (Lipinski definition) is 1. The van der Waals surface area contributed by atoms with Crippen molar-refractivity contribution in [3.8, 4) is 0 Å². The van der Waals surface area contributed by atoms with Crippen LogP contribution in [0.15, 0.2) is 12.4 Å². The van der Waals surface area contributed by atoms with Crippen LogP contribution in [0.5, 0.6) is 0 Å². The zero-order chi connectivity index (χ0) is 13.8. The van der Waals surface area contributed by atoms with Gasteiger partial charge in [-0.1, -0.05) is 0 Å². The third kappa shape index (κ3) is 3.54. The Hall–Kier alpha value is -1.40. The summed E-state index contributed by atoms with van der Waals surface area (Å²) in [6.07, 6.45) is 5.45. The van der Waals surface area contributed by atoms with Gasteiger partial charge in [0.1, 0.15) is 6.04 Å². The molecule has 0 spiro atoms. The molecule has 2 heterocycles. The van der Waals surface area contributed by atoms with Gasteiger partial charge in [-0.2, -0.15) is 5.10 Å². The van der Waals surface area contributed by atoms with Crippen LogP contribution in [0, 0.1) is 5.92 Å². The van der Waals surface area contributed by atoms with E-state index in [4.69, 9.17) is 10.5 Å². The molecule has 0 aliphatic carbocycles. The van der Waals surface area contributed by atoms with Gasteiger partial charge in [0.05, 0.1) is 6.20 Å². The minimum Gasteiger partial charge on any atom is -0.381 e. The Bertz CT molecular complexity index is 426. The minimum absolute atomic E-state index is 0.0560. The Morgan fingerprint density at radius 3 is 2.89 bits per heavy atom. The van der Waals surface area contributed by atoms with Crippen molar-refractivity contribution in [2.75, 3.05) is 26.8 Å². The lowest BCUT2D eigenvalue weighted by atomic mass is 9.99. The number of amides is 1. The molecule has 1 saturated heterocycles. The summed E-state index contributed by atoms with van der Waals surface area (Å²) in [4.78, 5) is 14.0. The summed E-state index contributed by atoms with van der Waals surface area (Å²) in [7, 11) is 3.63. The first-order valence-corrected chi connectivity index (χ1v) is 6.64. The van der Waals surface area contributed by atoms with Crippen LogP contribution in [0.25, 0.3) is 0 Å². The molecule has 1 unspecified atom stereocenters. The first-order valence-electron chi connectivity index (χ1n) is 6.64. The van der Waals surface area contributed by atoms with Crippen molar-refractivity contribution >= 4 is 5.91 Å². The van der Waals surface area contributed by atoms with E-state index in [1.165, 1.54) is 0 Å². The van der Waals surface area contributed by atoms with Crippen molar-refractivity contribution in [3.05, 3.63) is 18.0 Å². The monoisotopic (exact) mass is 266 g/mol. The molecular weight excluding hydrogens is 244 g/mol. The lowest BCUT2D eigenvalue weighted by molar-refractivity contribution is -0.132. The Balaban J connectivity index is 1.90. The van der Waals surface area contributed by atoms with E-state index < -0.39 is 6.04 Å². The number of likely N-dealkylation sites (N-methyl/N-ethyl adjacent to an activating group) is 1. The summed E-state index contributed by atoms with van der Waals surface area (Å²) in [6.45, 7) is 2.33. The molecule has 1 amide bonds. The number of nitrogens with two attached hydrogens (primary N) is 1. The van der Waals surface area contributed by atoms with Gasteiger partial charge in [0.15, 0.2) is 0 Å². The maximum atomic E-state index is 12.3. The largest absolute Gasteiger partial charge is 0.381 e. The van der Waals surface area contributed by atoms with Crippen molar-refractivity contribution in [1.82, 2.24) is 14.7 Å². The molecule has 2 N–H and O–H groups in total. The Morgan fingerprint density at radius 1 is 1.63 bits per heavy atom. The molecule has 1 fully saturated rings. The van der Waals surface area contributed by atoms with Gasteiger partial charge in [-0.15, -0.1) is 0 Å². The molecule has 0 saturated carbocycles. The van der Waals surface area contributed by atoms with Gasteiger partial charge in [0.2, 0.25) is 5.91 Å². The van der Waals surface area contributed by atoms with Crippen LogP contribution in [0.4, 0.5) is 0 Å². The van der Waals surface area contributed by atoms with E-state index in [2.05, 4.69) is 5.10 Å². The van der Waals surface area contributed by atoms with Gasteiger partial charge in [-0.3, -0.25) is 9.48 Å². The molecule has 6 nitrogen and oxygen atoms in total. The van der Waals surface area contributed by atoms with Gasteiger partial charge in [0.25, 0.3) is 0 Å². The number of aryl methyl sites for hydroxylation is 1. The molecule has 6 heteroatoms. The van der Waals surface area contributed by atoms with E-state index in [1.54, 1.807) is 22.0 Å². The standard InChI is InChI=1S/C13H22N4O2/c1-16(8-10-3-5-19-6-4-10)13(18)12(14)11-7-15-17(2)9-11/h7,9-10,12H,3-6,8,14H2,1-2H3. The SMILES string of the molecule is CN(CC1CCOCC1)C(=O)C(N)c1cnn(C)c1. The quantitative estimate of drug-likeness (QED) is 0.851. The molecule has 106 valence electrons. The van der Waals surface area contributed by atoms with Crippen molar-refractivity contribution < 1.29 is 9.53 Å². The van der Waals surface area contributed by atoms with Crippen molar-refractivity contribution in [2.24, 2.45) is 18.7 Å². The molecule has 1 atom stereocenters. The fourth-order valence-electron chi connectivity index (χ4n) is 2.39. The zero-order valence-corrected chi connectivity index (χ0v) is 11.6. The normalized spacial score (nSPS) is 18.3. The Kier molecular flexibility index (Phi) is 4.55. The number of rotatable bonds is 4. The topological polar surface area (TPSA) is 73.4 Å². The van der Waals surface area contributed by atoms with E-state index in [9.17, 15) is 4.79 Å². The fraction of sp³-hybridized carbons (Fsp3) is 0.692. The predicted molar refractivity (Wildman–Crippen MR) is 71.3 cm³/mol. The van der Waals surface area contributed by atoms with Gasteiger partial charge < -0.3 is 15.4 Å². The molecule has 0 radical (unpaired) electrons. The molecule has 1 aromatic heterocycles. The van der Waals surface area contributed by atoms with E-state index in [-0.39, 0.29) is 5.91 Å². The highest BCUT2D eigenvalue weighted by Crippen LogP contribution is 2.18. The smallest absolute Gasteiger partial charge is 0.243 e. The van der Waals surface area contributed by atoms with Crippen LogP contribution in [0.1, 0.15) is 24.4 Å². The Labute approximate surface area is 113 Å². The first-order chi connectivity index (χ1) is 9.08. The molecule has 0 aromatic carbocycles. The molecule has 19 heavy (non-hydrogen) atoms. The van der Waals surface area contributed by atoms with E-state index in [0.717, 1.165) is 38.2 Å². The predicted octanol–water partition coefficient (Wildman–Crippen LogP) is 0.305. The summed E-state index contributed by atoms with van der Waals surface area (Å²) in [5, 5.41) is 4.04. The van der Waals surface area contributed by atoms with Crippen LogP contribution < -0.4 is 5.73 Å². The van der Waals surface area contributed by atoms with E-state index >= 15 is 0 Å². The molecule has 1 aromatic rings. The van der Waals surface area contributed by atoms with E-state index in [0.29, 0.717) is 5.92 Å². The lowest BCUT2D eigenvalue weighted by Crippen LogP contribution is -2.39. The Morgan fingerprint density at radius 2 is 2.32 bits per heavy atom. The number of hydrogen-bond acceptors (Lipinski definition) is 4. The van der Waals surface area contributed by atoms with Gasteiger partial charge >= 0.3 is 0 Å². The van der Waals surface area contributed by atoms with Gasteiger partial charge in [-0.25, -0.2) is 0 Å². The molecule has 1 aliphatic heterocycles. The highest BCUT2D eigenvalue weighted by molar-refractivity contribution is 5.82. The third-order valence-corrected chi connectivity index (χ3v) is 3.60. The van der Waals surface area contributed by atoms with Crippen LogP contribution >= 0.6 is 0 Å². The average Bonchev–Trinajstić information content (AvgIpc) is 2.85. The number of aromatic nitrogens is 2. The van der Waals surface area contributed by atoms with Crippen LogP contribution in [-0.2, 0) is 16.6 Å². The van der Waals surface area contributed by atoms with Crippen LogP contribution in [0.2, 0.25) is 0 Å². The summed E-state index contributed by atoms with van der Waals surface area (Å²) in [6, 6.07) is -0.626. The molecule has 1 aliphatic rings. The van der Waals surface area contributed by atoms with Crippen LogP contribution in [-0.4, -0.2) is 47.4 Å². The van der Waals surface area contributed by atoms with Gasteiger partial charge in [-0.05, 0) is 18.8 Å². The zero-order valence-electron chi connectivity index (χ0n) is 11.6. The fourth-order valence-corrected chi connectivity index (χ4v) is 2.39. The second-order valence-electron chi connectivity index (χ2n) is 5.20. The highest BCUT2D eigenvalue weighted by Gasteiger charge is 2.24. The van der Waals surface area contributed by atoms with Crippen LogP contribution in [0.3, 0.4) is 0 Å². The number of carbonyl (C=O) groups excluding carboxylic acids is 1. The maximum Gasteiger partial charge on any atom is 0.243 e. The summed E-state index contributed by atoms with van der Waals surface area (Å²) < 4.78 is 6.98. The summed E-state index contributed by atoms with van der Waals surface area (Å²) in [5.74, 6) is 0.461. The summed E-state index contributed by atoms with van der Waals surface area (Å²) >= 11 is 0. The van der Waals surface area contributed by atoms with Crippen molar-refractivity contribution in [3.63, 3.8) is 0 Å². The molecular formula is C13H22N4O2. The summed E-state index contributed by atoms with van der Waals surface area (Å²) in [5.41, 5.74) is 6.74. The average molecular weight is 266 g/mol. The number of ether oxygens (including phenoxy) is 1. The second kappa shape index (κ2) is 6.16. The minimum atomic E-state index is -0.626. The molecule has 2 rings (SSSR count). The third-order valence-electron chi connectivity index (χ3n) is 3.60.